The summed E-state index contributed by atoms with van der Waals surface area (Å²) in [4.78, 5) is 17.3. The number of ether oxygens (including phenoxy) is 4. The van der Waals surface area contributed by atoms with Gasteiger partial charge in [0, 0.05) is 13.1 Å². The summed E-state index contributed by atoms with van der Waals surface area (Å²) in [7, 11) is 8.85. The third kappa shape index (κ3) is 5.89. The van der Waals surface area contributed by atoms with Crippen LogP contribution in [0.4, 0.5) is 0 Å². The van der Waals surface area contributed by atoms with Gasteiger partial charge in [-0.05, 0) is 105 Å². The normalized spacial score (nSPS) is 15.5. The number of carbonyl (C=O) groups excluding carboxylic acids is 1. The summed E-state index contributed by atoms with van der Waals surface area (Å²) in [5.74, 6) is 3.89. The molecule has 0 radical (unpaired) electrons. The third-order valence-electron chi connectivity index (χ3n) is 7.66. The lowest BCUT2D eigenvalue weighted by molar-refractivity contribution is -0.130. The molecule has 1 aliphatic heterocycles. The van der Waals surface area contributed by atoms with Crippen LogP contribution in [0.5, 0.6) is 23.0 Å². The third-order valence-corrected chi connectivity index (χ3v) is 7.66. The fourth-order valence-electron chi connectivity index (χ4n) is 5.54. The molecule has 196 valence electrons. The number of rotatable bonds is 11. The first-order chi connectivity index (χ1) is 17.4. The summed E-state index contributed by atoms with van der Waals surface area (Å²) in [6, 6.07) is 8.25. The molecule has 1 aliphatic carbocycles. The molecule has 0 saturated carbocycles. The summed E-state index contributed by atoms with van der Waals surface area (Å²) >= 11 is 0. The number of carbonyl (C=O) groups is 1. The van der Waals surface area contributed by atoms with Crippen LogP contribution in [0.25, 0.3) is 0 Å². The van der Waals surface area contributed by atoms with Crippen molar-refractivity contribution in [3.63, 3.8) is 0 Å². The Morgan fingerprint density at radius 2 is 1.33 bits per heavy atom. The highest BCUT2D eigenvalue weighted by molar-refractivity contribution is 5.80. The zero-order valence-corrected chi connectivity index (χ0v) is 22.4. The second-order valence-corrected chi connectivity index (χ2v) is 9.98. The van der Waals surface area contributed by atoms with E-state index in [1.165, 1.54) is 16.7 Å². The second-order valence-electron chi connectivity index (χ2n) is 9.98. The van der Waals surface area contributed by atoms with E-state index >= 15 is 0 Å². The van der Waals surface area contributed by atoms with Crippen LogP contribution in [-0.4, -0.2) is 77.4 Å². The minimum Gasteiger partial charge on any atom is -0.493 e. The van der Waals surface area contributed by atoms with Crippen LogP contribution in [0.3, 0.4) is 0 Å². The van der Waals surface area contributed by atoms with Crippen molar-refractivity contribution in [2.24, 2.45) is 5.92 Å². The van der Waals surface area contributed by atoms with Gasteiger partial charge in [-0.2, -0.15) is 0 Å². The molecule has 0 spiro atoms. The number of amides is 1. The van der Waals surface area contributed by atoms with Crippen LogP contribution in [0.15, 0.2) is 24.3 Å². The molecule has 0 unspecified atom stereocenters. The highest BCUT2D eigenvalue weighted by Gasteiger charge is 2.25. The lowest BCUT2D eigenvalue weighted by Gasteiger charge is -2.23. The number of benzene rings is 2. The summed E-state index contributed by atoms with van der Waals surface area (Å²) in [6.07, 6.45) is 5.60. The molecule has 0 fully saturated rings. The molecule has 0 aromatic heterocycles. The molecular weight excluding hydrogens is 456 g/mol. The Hall–Kier alpha value is -2.93. The Morgan fingerprint density at radius 3 is 1.89 bits per heavy atom. The smallest absolute Gasteiger partial charge is 0.227 e. The van der Waals surface area contributed by atoms with Gasteiger partial charge in [-0.3, -0.25) is 4.79 Å². The Morgan fingerprint density at radius 1 is 0.806 bits per heavy atom. The molecule has 36 heavy (non-hydrogen) atoms. The molecule has 1 amide bonds. The molecule has 0 atom stereocenters. The van der Waals surface area contributed by atoms with E-state index in [0.717, 1.165) is 81.1 Å². The van der Waals surface area contributed by atoms with Crippen LogP contribution in [-0.2, 0) is 30.5 Å². The zero-order chi connectivity index (χ0) is 25.7. The first-order valence-corrected chi connectivity index (χ1v) is 12.9. The van der Waals surface area contributed by atoms with Crippen molar-refractivity contribution >= 4 is 5.91 Å². The molecule has 2 aliphatic rings. The van der Waals surface area contributed by atoms with Gasteiger partial charge in [-0.1, -0.05) is 0 Å². The summed E-state index contributed by atoms with van der Waals surface area (Å²) in [6.45, 7) is 3.59. The monoisotopic (exact) mass is 496 g/mol. The summed E-state index contributed by atoms with van der Waals surface area (Å²) in [5, 5.41) is 0. The van der Waals surface area contributed by atoms with Crippen LogP contribution in [0, 0.1) is 5.92 Å². The largest absolute Gasteiger partial charge is 0.493 e. The molecule has 2 aromatic rings. The lowest BCUT2D eigenvalue weighted by Crippen LogP contribution is -2.35. The van der Waals surface area contributed by atoms with Gasteiger partial charge in [0.15, 0.2) is 23.0 Å². The van der Waals surface area contributed by atoms with E-state index in [1.807, 2.05) is 17.0 Å². The van der Waals surface area contributed by atoms with Gasteiger partial charge in [0.25, 0.3) is 0 Å². The number of nitrogens with zero attached hydrogens (tertiary/aromatic N) is 2. The quantitative estimate of drug-likeness (QED) is 0.472. The highest BCUT2D eigenvalue weighted by atomic mass is 16.5. The van der Waals surface area contributed by atoms with Gasteiger partial charge >= 0.3 is 0 Å². The van der Waals surface area contributed by atoms with Gasteiger partial charge < -0.3 is 28.7 Å². The summed E-state index contributed by atoms with van der Waals surface area (Å²) < 4.78 is 21.8. The van der Waals surface area contributed by atoms with E-state index in [9.17, 15) is 4.79 Å². The van der Waals surface area contributed by atoms with Gasteiger partial charge in [0.2, 0.25) is 5.91 Å². The van der Waals surface area contributed by atoms with Crippen molar-refractivity contribution in [3.8, 4) is 23.0 Å². The second kappa shape index (κ2) is 11.9. The van der Waals surface area contributed by atoms with E-state index in [-0.39, 0.29) is 5.91 Å². The Bertz CT molecular complexity index is 1040. The molecule has 0 N–H and O–H groups in total. The van der Waals surface area contributed by atoms with E-state index in [0.29, 0.717) is 18.1 Å². The average molecular weight is 497 g/mol. The van der Waals surface area contributed by atoms with Gasteiger partial charge in [-0.15, -0.1) is 0 Å². The fourth-order valence-corrected chi connectivity index (χ4v) is 5.54. The van der Waals surface area contributed by atoms with Crippen molar-refractivity contribution < 1.29 is 23.7 Å². The summed E-state index contributed by atoms with van der Waals surface area (Å²) in [5.41, 5.74) is 4.99. The number of fused-ring (bicyclic) bond motifs is 2. The molecule has 7 heteroatoms. The first kappa shape index (κ1) is 26.1. The van der Waals surface area contributed by atoms with Crippen LogP contribution >= 0.6 is 0 Å². The maximum Gasteiger partial charge on any atom is 0.227 e. The Labute approximate surface area is 215 Å². The maximum atomic E-state index is 12.9. The van der Waals surface area contributed by atoms with E-state index in [2.05, 4.69) is 24.1 Å². The lowest BCUT2D eigenvalue weighted by atomic mass is 10.0. The number of hydrogen-bond donors (Lipinski definition) is 0. The van der Waals surface area contributed by atoms with Crippen LogP contribution in [0.1, 0.15) is 35.1 Å². The van der Waals surface area contributed by atoms with E-state index in [1.54, 1.807) is 28.4 Å². The first-order valence-electron chi connectivity index (χ1n) is 12.9. The van der Waals surface area contributed by atoms with E-state index < -0.39 is 0 Å². The standard InChI is InChI=1S/C29H40N2O5/c1-30(11-7-20-13-22-16-26(34-3)27(35-4)17-23(22)14-20)9-6-10-31-12-8-21-15-25(33-2)28(36-5)18-24(21)19-29(31)32/h15-18,20H,6-14,19H2,1-5H3. The van der Waals surface area contributed by atoms with Crippen molar-refractivity contribution in [3.05, 3.63) is 46.5 Å². The fraction of sp³-hybridized carbons (Fsp3) is 0.552. The number of hydrogen-bond acceptors (Lipinski definition) is 6. The SMILES string of the molecule is COc1cc2c(cc1OC)CC(=O)N(CCCN(C)CCC1Cc3cc(OC)c(OC)cc3C1)CC2. The van der Waals surface area contributed by atoms with Gasteiger partial charge in [-0.25, -0.2) is 0 Å². The number of methoxy groups -OCH3 is 4. The maximum absolute atomic E-state index is 12.9. The van der Waals surface area contributed by atoms with Crippen molar-refractivity contribution in [1.82, 2.24) is 9.80 Å². The van der Waals surface area contributed by atoms with Gasteiger partial charge in [0.05, 0.1) is 34.9 Å². The topological polar surface area (TPSA) is 60.5 Å². The van der Waals surface area contributed by atoms with Gasteiger partial charge in [0.1, 0.15) is 0 Å². The Balaban J connectivity index is 1.22. The molecule has 4 rings (SSSR count). The zero-order valence-electron chi connectivity index (χ0n) is 22.4. The minimum absolute atomic E-state index is 0.193. The Kier molecular flexibility index (Phi) is 8.62. The highest BCUT2D eigenvalue weighted by Crippen LogP contribution is 2.37. The van der Waals surface area contributed by atoms with Crippen LogP contribution in [0.2, 0.25) is 0 Å². The predicted molar refractivity (Wildman–Crippen MR) is 141 cm³/mol. The average Bonchev–Trinajstić information content (AvgIpc) is 3.22. The van der Waals surface area contributed by atoms with Crippen molar-refractivity contribution in [1.29, 1.82) is 0 Å². The van der Waals surface area contributed by atoms with E-state index in [4.69, 9.17) is 18.9 Å². The predicted octanol–water partition coefficient (Wildman–Crippen LogP) is 3.78. The van der Waals surface area contributed by atoms with Crippen molar-refractivity contribution in [2.45, 2.75) is 38.5 Å². The molecule has 1 heterocycles. The minimum atomic E-state index is 0.193. The molecule has 0 bridgehead atoms. The van der Waals surface area contributed by atoms with Crippen LogP contribution < -0.4 is 18.9 Å². The molecule has 7 nitrogen and oxygen atoms in total. The molecule has 2 aromatic carbocycles. The molecule has 0 saturated heterocycles. The van der Waals surface area contributed by atoms with Crippen molar-refractivity contribution in [2.75, 3.05) is 61.7 Å². The molecular formula is C29H40N2O5.